The first-order valence-electron chi connectivity index (χ1n) is 7.97. The van der Waals surface area contributed by atoms with Crippen molar-refractivity contribution in [2.24, 2.45) is 0 Å². The zero-order chi connectivity index (χ0) is 16.9. The summed E-state index contributed by atoms with van der Waals surface area (Å²) >= 11 is 0. The molecule has 0 spiro atoms. The van der Waals surface area contributed by atoms with Crippen molar-refractivity contribution < 1.29 is 9.84 Å². The Bertz CT molecular complexity index is 597. The van der Waals surface area contributed by atoms with Gasteiger partial charge in [-0.15, -0.1) is 0 Å². The smallest absolute Gasteiger partial charge is 0.139 e. The summed E-state index contributed by atoms with van der Waals surface area (Å²) in [5.74, 6) is 1.78. The van der Waals surface area contributed by atoms with Crippen LogP contribution in [0.5, 0.6) is 5.75 Å². The van der Waals surface area contributed by atoms with Gasteiger partial charge in [-0.1, -0.05) is 0 Å². The van der Waals surface area contributed by atoms with Crippen molar-refractivity contribution >= 4 is 0 Å². The summed E-state index contributed by atoms with van der Waals surface area (Å²) in [5.41, 5.74) is 0.372. The Morgan fingerprint density at radius 3 is 2.52 bits per heavy atom. The Morgan fingerprint density at radius 2 is 1.91 bits per heavy atom. The van der Waals surface area contributed by atoms with Gasteiger partial charge in [0.1, 0.15) is 18.2 Å². The molecular weight excluding hydrogens is 290 g/mol. The van der Waals surface area contributed by atoms with Crippen molar-refractivity contribution in [3.8, 4) is 17.1 Å². The lowest BCUT2D eigenvalue weighted by Crippen LogP contribution is -2.21. The van der Waals surface area contributed by atoms with Crippen LogP contribution in [0.2, 0.25) is 0 Å². The normalized spacial score (nSPS) is 11.9. The zero-order valence-corrected chi connectivity index (χ0v) is 14.5. The number of rotatable bonds is 8. The van der Waals surface area contributed by atoms with E-state index in [1.165, 1.54) is 0 Å². The molecule has 0 aliphatic carbocycles. The van der Waals surface area contributed by atoms with Gasteiger partial charge in [0.05, 0.1) is 5.60 Å². The third-order valence-electron chi connectivity index (χ3n) is 3.60. The van der Waals surface area contributed by atoms with Gasteiger partial charge in [-0.2, -0.15) is 0 Å². The van der Waals surface area contributed by atoms with Gasteiger partial charge < -0.3 is 19.3 Å². The molecule has 0 radical (unpaired) electrons. The summed E-state index contributed by atoms with van der Waals surface area (Å²) in [7, 11) is 4.06. The summed E-state index contributed by atoms with van der Waals surface area (Å²) in [6, 6.07) is 7.99. The molecule has 2 aromatic rings. The van der Waals surface area contributed by atoms with Crippen molar-refractivity contribution in [2.45, 2.75) is 32.4 Å². The highest BCUT2D eigenvalue weighted by Gasteiger charge is 2.14. The van der Waals surface area contributed by atoms with Gasteiger partial charge in [0.2, 0.25) is 0 Å². The minimum absolute atomic E-state index is 0.673. The van der Waals surface area contributed by atoms with Crippen LogP contribution in [0, 0.1) is 0 Å². The summed E-state index contributed by atoms with van der Waals surface area (Å²) in [6.45, 7) is 5.95. The molecule has 0 atom stereocenters. The van der Waals surface area contributed by atoms with Crippen molar-refractivity contribution in [2.75, 3.05) is 27.2 Å². The van der Waals surface area contributed by atoms with E-state index in [2.05, 4.69) is 14.5 Å². The van der Waals surface area contributed by atoms with Crippen LogP contribution in [0.4, 0.5) is 0 Å². The van der Waals surface area contributed by atoms with E-state index in [1.807, 2.05) is 58.4 Å². The molecule has 1 aromatic heterocycles. The lowest BCUT2D eigenvalue weighted by Gasteiger charge is -2.18. The van der Waals surface area contributed by atoms with Gasteiger partial charge in [0.15, 0.2) is 0 Å². The van der Waals surface area contributed by atoms with Crippen molar-refractivity contribution in [1.29, 1.82) is 0 Å². The quantitative estimate of drug-likeness (QED) is 0.813. The molecule has 0 aliphatic rings. The Balaban J connectivity index is 2.01. The Kier molecular flexibility index (Phi) is 5.80. The molecule has 5 nitrogen and oxygen atoms in total. The molecule has 2 rings (SSSR count). The van der Waals surface area contributed by atoms with E-state index in [1.54, 1.807) is 6.20 Å². The number of aromatic nitrogens is 2. The second-order valence-electron chi connectivity index (χ2n) is 6.68. The average molecular weight is 317 g/mol. The molecule has 126 valence electrons. The maximum atomic E-state index is 9.88. The van der Waals surface area contributed by atoms with Crippen LogP contribution < -0.4 is 4.74 Å². The van der Waals surface area contributed by atoms with Gasteiger partial charge in [0.25, 0.3) is 0 Å². The van der Waals surface area contributed by atoms with Gasteiger partial charge in [0, 0.05) is 31.0 Å². The lowest BCUT2D eigenvalue weighted by atomic mass is 10.1. The molecular formula is C18H27N3O2. The van der Waals surface area contributed by atoms with E-state index < -0.39 is 5.60 Å². The van der Waals surface area contributed by atoms with Gasteiger partial charge in [-0.05, 0) is 58.6 Å². The number of benzene rings is 1. The molecule has 1 heterocycles. The standard InChI is InChI=1S/C18H27N3O2/c1-18(2,22)9-11-21-12-10-19-17(21)15-5-7-16(8-6-15)23-14-13-20(3)4/h5-8,10,12,22H,9,11,13-14H2,1-4H3. The lowest BCUT2D eigenvalue weighted by molar-refractivity contribution is 0.0663. The molecule has 0 unspecified atom stereocenters. The highest BCUT2D eigenvalue weighted by molar-refractivity contribution is 5.56. The fraction of sp³-hybridized carbons (Fsp3) is 0.500. The van der Waals surface area contributed by atoms with E-state index >= 15 is 0 Å². The molecule has 1 aromatic carbocycles. The SMILES string of the molecule is CN(C)CCOc1ccc(-c2nccn2CCC(C)(C)O)cc1. The number of aryl methyl sites for hydroxylation is 1. The Morgan fingerprint density at radius 1 is 1.22 bits per heavy atom. The van der Waals surface area contributed by atoms with Gasteiger partial charge >= 0.3 is 0 Å². The maximum Gasteiger partial charge on any atom is 0.139 e. The largest absolute Gasteiger partial charge is 0.492 e. The second-order valence-corrected chi connectivity index (χ2v) is 6.68. The van der Waals surface area contributed by atoms with E-state index in [-0.39, 0.29) is 0 Å². The molecule has 1 N–H and O–H groups in total. The van der Waals surface area contributed by atoms with Gasteiger partial charge in [-0.3, -0.25) is 0 Å². The van der Waals surface area contributed by atoms with Gasteiger partial charge in [-0.25, -0.2) is 4.98 Å². The minimum Gasteiger partial charge on any atom is -0.492 e. The van der Waals surface area contributed by atoms with Crippen LogP contribution in [-0.2, 0) is 6.54 Å². The van der Waals surface area contributed by atoms with Crippen molar-refractivity contribution in [1.82, 2.24) is 14.5 Å². The number of hydrogen-bond donors (Lipinski definition) is 1. The predicted octanol–water partition coefficient (Wildman–Crippen LogP) is 2.65. The van der Waals surface area contributed by atoms with E-state index in [9.17, 15) is 5.11 Å². The van der Waals surface area contributed by atoms with Crippen LogP contribution in [0.25, 0.3) is 11.4 Å². The Hall–Kier alpha value is -1.85. The molecule has 0 saturated heterocycles. The highest BCUT2D eigenvalue weighted by atomic mass is 16.5. The van der Waals surface area contributed by atoms with Crippen LogP contribution in [-0.4, -0.2) is 52.4 Å². The number of hydrogen-bond acceptors (Lipinski definition) is 4. The molecule has 0 aliphatic heterocycles. The predicted molar refractivity (Wildman–Crippen MR) is 92.6 cm³/mol. The first kappa shape index (κ1) is 17.5. The van der Waals surface area contributed by atoms with Crippen molar-refractivity contribution in [3.05, 3.63) is 36.7 Å². The van der Waals surface area contributed by atoms with E-state index in [0.29, 0.717) is 13.0 Å². The minimum atomic E-state index is -0.675. The number of likely N-dealkylation sites (N-methyl/N-ethyl adjacent to an activating group) is 1. The average Bonchev–Trinajstić information content (AvgIpc) is 2.93. The summed E-state index contributed by atoms with van der Waals surface area (Å²) in [4.78, 5) is 6.53. The first-order valence-corrected chi connectivity index (χ1v) is 7.97. The third kappa shape index (κ3) is 5.69. The van der Waals surface area contributed by atoms with Crippen LogP contribution in [0.15, 0.2) is 36.7 Å². The third-order valence-corrected chi connectivity index (χ3v) is 3.60. The molecule has 23 heavy (non-hydrogen) atoms. The summed E-state index contributed by atoms with van der Waals surface area (Å²) in [5, 5.41) is 9.88. The van der Waals surface area contributed by atoms with Crippen LogP contribution in [0.1, 0.15) is 20.3 Å². The number of ether oxygens (including phenoxy) is 1. The van der Waals surface area contributed by atoms with Crippen LogP contribution >= 0.6 is 0 Å². The van der Waals surface area contributed by atoms with E-state index in [0.717, 1.165) is 30.2 Å². The highest BCUT2D eigenvalue weighted by Crippen LogP contribution is 2.22. The number of imidazole rings is 1. The second kappa shape index (κ2) is 7.62. The summed E-state index contributed by atoms with van der Waals surface area (Å²) in [6.07, 6.45) is 4.42. The zero-order valence-electron chi connectivity index (χ0n) is 14.5. The molecule has 5 heteroatoms. The van der Waals surface area contributed by atoms with Crippen LogP contribution in [0.3, 0.4) is 0 Å². The topological polar surface area (TPSA) is 50.5 Å². The summed E-state index contributed by atoms with van der Waals surface area (Å²) < 4.78 is 7.78. The maximum absolute atomic E-state index is 9.88. The molecule has 0 saturated carbocycles. The first-order chi connectivity index (χ1) is 10.8. The monoisotopic (exact) mass is 317 g/mol. The Labute approximate surface area is 138 Å². The number of nitrogens with zero attached hydrogens (tertiary/aromatic N) is 3. The fourth-order valence-corrected chi connectivity index (χ4v) is 2.19. The molecule has 0 bridgehead atoms. The molecule has 0 fully saturated rings. The molecule has 0 amide bonds. The van der Waals surface area contributed by atoms with E-state index in [4.69, 9.17) is 4.74 Å². The van der Waals surface area contributed by atoms with Crippen molar-refractivity contribution in [3.63, 3.8) is 0 Å². The number of aliphatic hydroxyl groups is 1. The fourth-order valence-electron chi connectivity index (χ4n) is 2.19.